The lowest BCUT2D eigenvalue weighted by Crippen LogP contribution is -2.56. The second kappa shape index (κ2) is 4.75. The third-order valence-corrected chi connectivity index (χ3v) is 4.56. The molecule has 2 saturated carbocycles. The molecule has 1 aromatic carbocycles. The van der Waals surface area contributed by atoms with Crippen LogP contribution in [0.2, 0.25) is 0 Å². The van der Waals surface area contributed by atoms with Crippen molar-refractivity contribution in [1.82, 2.24) is 0 Å². The van der Waals surface area contributed by atoms with Crippen LogP contribution in [-0.2, 0) is 4.79 Å². The predicted molar refractivity (Wildman–Crippen MR) is 70.6 cm³/mol. The van der Waals surface area contributed by atoms with Crippen molar-refractivity contribution in [3.8, 4) is 5.75 Å². The third-order valence-electron chi connectivity index (χ3n) is 4.56. The zero-order valence-corrected chi connectivity index (χ0v) is 10.7. The number of carbonyl (C=O) groups is 1. The number of ether oxygens (including phenoxy) is 1. The summed E-state index contributed by atoms with van der Waals surface area (Å²) < 4.78 is 6.05. The largest absolute Gasteiger partial charge is 0.489 e. The van der Waals surface area contributed by atoms with Gasteiger partial charge >= 0.3 is 0 Å². The van der Waals surface area contributed by atoms with Crippen molar-refractivity contribution in [3.63, 3.8) is 0 Å². The number of Topliss-reactive ketones (excluding diaryl/α,β-unsaturated/α-hetero) is 1. The van der Waals surface area contributed by atoms with Crippen LogP contribution in [0.5, 0.6) is 5.75 Å². The number of rotatable bonds is 2. The Bertz CT molecular complexity index is 416. The van der Waals surface area contributed by atoms with E-state index in [2.05, 4.69) is 0 Å². The molecule has 2 heteroatoms. The van der Waals surface area contributed by atoms with E-state index in [4.69, 9.17) is 4.74 Å². The second-order valence-electron chi connectivity index (χ2n) is 5.62. The van der Waals surface area contributed by atoms with Crippen molar-refractivity contribution < 1.29 is 9.53 Å². The summed E-state index contributed by atoms with van der Waals surface area (Å²) in [6, 6.07) is 9.91. The maximum absolute atomic E-state index is 12.1. The fourth-order valence-electron chi connectivity index (χ4n) is 3.39. The van der Waals surface area contributed by atoms with E-state index in [0.29, 0.717) is 12.2 Å². The summed E-state index contributed by atoms with van der Waals surface area (Å²) in [5, 5.41) is 0. The minimum Gasteiger partial charge on any atom is -0.489 e. The van der Waals surface area contributed by atoms with Crippen molar-refractivity contribution in [2.45, 2.75) is 51.0 Å². The average molecular weight is 244 g/mol. The molecule has 18 heavy (non-hydrogen) atoms. The molecule has 2 fully saturated rings. The molecule has 3 rings (SSSR count). The highest BCUT2D eigenvalue weighted by atomic mass is 16.5. The van der Waals surface area contributed by atoms with Crippen LogP contribution in [-0.4, -0.2) is 11.9 Å². The molecule has 0 aliphatic heterocycles. The highest BCUT2D eigenvalue weighted by molar-refractivity contribution is 5.92. The molecule has 0 amide bonds. The van der Waals surface area contributed by atoms with Gasteiger partial charge in [-0.2, -0.15) is 0 Å². The van der Waals surface area contributed by atoms with E-state index in [1.165, 1.54) is 25.7 Å². The molecule has 96 valence electrons. The number of para-hydroxylation sites is 1. The summed E-state index contributed by atoms with van der Waals surface area (Å²) >= 11 is 0. The number of carbonyl (C=O) groups excluding carboxylic acids is 1. The topological polar surface area (TPSA) is 26.3 Å². The highest BCUT2D eigenvalue weighted by Crippen LogP contribution is 2.49. The normalized spacial score (nSPS) is 26.4. The van der Waals surface area contributed by atoms with Gasteiger partial charge in [-0.15, -0.1) is 0 Å². The number of benzene rings is 1. The van der Waals surface area contributed by atoms with E-state index < -0.39 is 0 Å². The quantitative estimate of drug-likeness (QED) is 0.792. The fraction of sp³-hybridized carbons (Fsp3) is 0.562. The Balaban J connectivity index is 1.74. The van der Waals surface area contributed by atoms with Crippen molar-refractivity contribution in [3.05, 3.63) is 30.3 Å². The number of hydrogen-bond acceptors (Lipinski definition) is 2. The Morgan fingerprint density at radius 3 is 2.28 bits per heavy atom. The first-order valence-electron chi connectivity index (χ1n) is 7.06. The molecule has 2 aliphatic carbocycles. The summed E-state index contributed by atoms with van der Waals surface area (Å²) in [5.74, 6) is 1.34. The monoisotopic (exact) mass is 244 g/mol. The maximum Gasteiger partial charge on any atom is 0.146 e. The molecule has 0 aromatic heterocycles. The van der Waals surface area contributed by atoms with Crippen LogP contribution in [0, 0.1) is 5.41 Å². The van der Waals surface area contributed by atoms with Gasteiger partial charge in [-0.3, -0.25) is 4.79 Å². The summed E-state index contributed by atoms with van der Waals surface area (Å²) in [5.41, 5.74) is -0.146. The molecule has 2 aliphatic rings. The van der Waals surface area contributed by atoms with Crippen LogP contribution in [0.4, 0.5) is 0 Å². The summed E-state index contributed by atoms with van der Waals surface area (Å²) in [7, 11) is 0. The SMILES string of the molecule is O=C1CC(Oc2ccccc2)C12CCCCCC2. The Morgan fingerprint density at radius 2 is 1.67 bits per heavy atom. The lowest BCUT2D eigenvalue weighted by molar-refractivity contribution is -0.154. The second-order valence-corrected chi connectivity index (χ2v) is 5.62. The van der Waals surface area contributed by atoms with Crippen molar-refractivity contribution >= 4 is 5.78 Å². The molecular formula is C16H20O2. The first kappa shape index (κ1) is 11.8. The Kier molecular flexibility index (Phi) is 3.11. The highest BCUT2D eigenvalue weighted by Gasteiger charge is 2.55. The van der Waals surface area contributed by atoms with Gasteiger partial charge in [0.15, 0.2) is 0 Å². The summed E-state index contributed by atoms with van der Waals surface area (Å²) in [6.07, 6.45) is 7.69. The van der Waals surface area contributed by atoms with Gasteiger partial charge in [0, 0.05) is 6.42 Å². The van der Waals surface area contributed by atoms with Gasteiger partial charge in [-0.05, 0) is 25.0 Å². The van der Waals surface area contributed by atoms with E-state index in [1.807, 2.05) is 30.3 Å². The number of hydrogen-bond donors (Lipinski definition) is 0. The van der Waals surface area contributed by atoms with Gasteiger partial charge in [0.05, 0.1) is 5.41 Å². The minimum absolute atomic E-state index is 0.116. The Hall–Kier alpha value is -1.31. The molecule has 0 N–H and O–H groups in total. The average Bonchev–Trinajstić information content (AvgIpc) is 2.67. The molecule has 1 aromatic rings. The fourth-order valence-corrected chi connectivity index (χ4v) is 3.39. The van der Waals surface area contributed by atoms with E-state index >= 15 is 0 Å². The van der Waals surface area contributed by atoms with Crippen LogP contribution in [0.25, 0.3) is 0 Å². The molecule has 0 bridgehead atoms. The van der Waals surface area contributed by atoms with Crippen LogP contribution in [0.15, 0.2) is 30.3 Å². The van der Waals surface area contributed by atoms with Gasteiger partial charge in [-0.25, -0.2) is 0 Å². The van der Waals surface area contributed by atoms with E-state index in [-0.39, 0.29) is 11.5 Å². The molecule has 0 heterocycles. The summed E-state index contributed by atoms with van der Waals surface area (Å²) in [4.78, 5) is 12.1. The van der Waals surface area contributed by atoms with Gasteiger partial charge in [0.25, 0.3) is 0 Å². The van der Waals surface area contributed by atoms with E-state index in [0.717, 1.165) is 18.6 Å². The van der Waals surface area contributed by atoms with Gasteiger partial charge in [0.2, 0.25) is 0 Å². The number of ketones is 1. The third kappa shape index (κ3) is 1.94. The molecule has 0 saturated heterocycles. The van der Waals surface area contributed by atoms with Gasteiger partial charge in [0.1, 0.15) is 17.6 Å². The Labute approximate surface area is 108 Å². The predicted octanol–water partition coefficient (Wildman–Crippen LogP) is 3.75. The standard InChI is InChI=1S/C16H20O2/c17-14-12-15(18-13-8-4-3-5-9-13)16(14)10-6-1-2-7-11-16/h3-5,8-9,15H,1-2,6-7,10-12H2. The van der Waals surface area contributed by atoms with Crippen LogP contribution >= 0.6 is 0 Å². The van der Waals surface area contributed by atoms with Gasteiger partial charge in [-0.1, -0.05) is 43.9 Å². The molecule has 1 atom stereocenters. The Morgan fingerprint density at radius 1 is 1.00 bits per heavy atom. The smallest absolute Gasteiger partial charge is 0.146 e. The first-order chi connectivity index (χ1) is 8.81. The van der Waals surface area contributed by atoms with Crippen LogP contribution < -0.4 is 4.74 Å². The minimum atomic E-state index is -0.146. The van der Waals surface area contributed by atoms with Crippen molar-refractivity contribution in [2.75, 3.05) is 0 Å². The van der Waals surface area contributed by atoms with Crippen molar-refractivity contribution in [1.29, 1.82) is 0 Å². The van der Waals surface area contributed by atoms with Crippen LogP contribution in [0.3, 0.4) is 0 Å². The lowest BCUT2D eigenvalue weighted by Gasteiger charge is -2.47. The van der Waals surface area contributed by atoms with E-state index in [1.54, 1.807) is 0 Å². The lowest BCUT2D eigenvalue weighted by atomic mass is 9.60. The van der Waals surface area contributed by atoms with Crippen LogP contribution in [0.1, 0.15) is 44.9 Å². The molecule has 1 spiro atoms. The summed E-state index contributed by atoms with van der Waals surface area (Å²) in [6.45, 7) is 0. The van der Waals surface area contributed by atoms with E-state index in [9.17, 15) is 4.79 Å². The molecule has 1 unspecified atom stereocenters. The maximum atomic E-state index is 12.1. The first-order valence-corrected chi connectivity index (χ1v) is 7.06. The zero-order chi connectivity index (χ0) is 12.4. The van der Waals surface area contributed by atoms with Gasteiger partial charge < -0.3 is 4.74 Å². The van der Waals surface area contributed by atoms with Crippen molar-refractivity contribution in [2.24, 2.45) is 5.41 Å². The zero-order valence-electron chi connectivity index (χ0n) is 10.7. The molecule has 2 nitrogen and oxygen atoms in total. The molecular weight excluding hydrogens is 224 g/mol. The molecule has 0 radical (unpaired) electrons.